The fourth-order valence-corrected chi connectivity index (χ4v) is 4.57. The number of aromatic nitrogens is 2. The molecule has 0 aliphatic carbocycles. The third-order valence-corrected chi connectivity index (χ3v) is 6.49. The Hall–Kier alpha value is -2.93. The number of benzene rings is 2. The quantitative estimate of drug-likeness (QED) is 0.589. The fourth-order valence-electron chi connectivity index (χ4n) is 3.85. The Morgan fingerprint density at radius 3 is 2.48 bits per heavy atom. The van der Waals surface area contributed by atoms with Gasteiger partial charge in [0.05, 0.1) is 13.5 Å². The highest BCUT2D eigenvalue weighted by Gasteiger charge is 2.29. The molecule has 31 heavy (non-hydrogen) atoms. The summed E-state index contributed by atoms with van der Waals surface area (Å²) in [6.07, 6.45) is 1.15. The monoisotopic (exact) mass is 436 g/mol. The van der Waals surface area contributed by atoms with Gasteiger partial charge >= 0.3 is 0 Å². The highest BCUT2D eigenvalue weighted by atomic mass is 32.1. The highest BCUT2D eigenvalue weighted by Crippen LogP contribution is 2.23. The molecule has 1 aliphatic heterocycles. The smallest absolute Gasteiger partial charge is 0.227 e. The molecule has 3 aromatic rings. The van der Waals surface area contributed by atoms with Gasteiger partial charge in [-0.3, -0.25) is 4.79 Å². The van der Waals surface area contributed by atoms with Gasteiger partial charge in [0.1, 0.15) is 11.6 Å². The van der Waals surface area contributed by atoms with Gasteiger partial charge in [-0.2, -0.15) is 4.37 Å². The zero-order valence-corrected chi connectivity index (χ0v) is 19.1. The van der Waals surface area contributed by atoms with Crippen molar-refractivity contribution in [1.82, 2.24) is 14.3 Å². The van der Waals surface area contributed by atoms with Crippen LogP contribution < -0.4 is 9.64 Å². The Balaban J connectivity index is 1.33. The molecule has 162 valence electrons. The zero-order valence-electron chi connectivity index (χ0n) is 18.2. The van der Waals surface area contributed by atoms with Crippen molar-refractivity contribution in [2.45, 2.75) is 32.7 Å². The van der Waals surface area contributed by atoms with Crippen molar-refractivity contribution in [2.75, 3.05) is 31.6 Å². The van der Waals surface area contributed by atoms with Crippen LogP contribution in [0.4, 0.5) is 5.13 Å². The summed E-state index contributed by atoms with van der Waals surface area (Å²) in [7, 11) is 1.64. The van der Waals surface area contributed by atoms with E-state index >= 15 is 0 Å². The number of nitrogens with zero attached hydrogens (tertiary/aromatic N) is 4. The predicted octanol–water partition coefficient (Wildman–Crippen LogP) is 3.73. The van der Waals surface area contributed by atoms with Gasteiger partial charge in [-0.15, -0.1) is 0 Å². The number of carbonyl (C=O) groups is 1. The number of methoxy groups -OCH3 is 1. The summed E-state index contributed by atoms with van der Waals surface area (Å²) in [5.41, 5.74) is 3.48. The van der Waals surface area contributed by atoms with Gasteiger partial charge in [0.25, 0.3) is 0 Å². The number of carbonyl (C=O) groups excluding carboxylic acids is 1. The van der Waals surface area contributed by atoms with E-state index in [0.29, 0.717) is 13.0 Å². The molecule has 1 fully saturated rings. The number of amides is 1. The van der Waals surface area contributed by atoms with E-state index in [1.54, 1.807) is 7.11 Å². The maximum Gasteiger partial charge on any atom is 0.227 e. The fraction of sp³-hybridized carbons (Fsp3) is 0.375. The molecule has 6 nitrogen and oxygen atoms in total. The van der Waals surface area contributed by atoms with Crippen molar-refractivity contribution in [3.05, 3.63) is 71.0 Å². The Morgan fingerprint density at radius 2 is 1.81 bits per heavy atom. The van der Waals surface area contributed by atoms with E-state index in [9.17, 15) is 4.79 Å². The third kappa shape index (κ3) is 5.22. The molecule has 1 saturated heterocycles. The minimum atomic E-state index is 0.129. The molecule has 7 heteroatoms. The predicted molar refractivity (Wildman–Crippen MR) is 124 cm³/mol. The first-order chi connectivity index (χ1) is 15.0. The first-order valence-corrected chi connectivity index (χ1v) is 11.3. The van der Waals surface area contributed by atoms with Crippen molar-refractivity contribution in [3.8, 4) is 5.75 Å². The van der Waals surface area contributed by atoms with Crippen LogP contribution in [-0.4, -0.2) is 53.0 Å². The summed E-state index contributed by atoms with van der Waals surface area (Å²) in [5.74, 6) is 1.82. The molecule has 1 amide bonds. The second kappa shape index (κ2) is 9.47. The molecular weight excluding hydrogens is 408 g/mol. The first-order valence-electron chi connectivity index (χ1n) is 10.6. The maximum atomic E-state index is 12.9. The van der Waals surface area contributed by atoms with Gasteiger partial charge in [0, 0.05) is 43.6 Å². The van der Waals surface area contributed by atoms with Crippen molar-refractivity contribution >= 4 is 22.6 Å². The Bertz CT molecular complexity index is 1020. The average Bonchev–Trinajstić information content (AvgIpc) is 3.24. The van der Waals surface area contributed by atoms with Crippen molar-refractivity contribution in [3.63, 3.8) is 0 Å². The van der Waals surface area contributed by atoms with E-state index in [0.717, 1.165) is 41.8 Å². The molecule has 0 N–H and O–H groups in total. The van der Waals surface area contributed by atoms with E-state index in [-0.39, 0.29) is 11.9 Å². The molecule has 2 aromatic carbocycles. The average molecular weight is 437 g/mol. The Labute approximate surface area is 187 Å². The molecule has 4 rings (SSSR count). The van der Waals surface area contributed by atoms with Crippen LogP contribution in [0.1, 0.15) is 29.4 Å². The van der Waals surface area contributed by atoms with E-state index < -0.39 is 0 Å². The van der Waals surface area contributed by atoms with Crippen molar-refractivity contribution in [2.24, 2.45) is 0 Å². The Morgan fingerprint density at radius 1 is 1.10 bits per heavy atom. The van der Waals surface area contributed by atoms with Gasteiger partial charge in [-0.05, 0) is 37.1 Å². The molecule has 0 saturated carbocycles. The van der Waals surface area contributed by atoms with Gasteiger partial charge in [0.15, 0.2) is 0 Å². The molecule has 2 heterocycles. The summed E-state index contributed by atoms with van der Waals surface area (Å²) in [4.78, 5) is 21.8. The SMILES string of the molecule is COc1ccc(CC(=O)N2CCN(c3nc(Cc4ccc(C)cc4)ns3)CC2C)cc1. The Kier molecular flexibility index (Phi) is 6.51. The van der Waals surface area contributed by atoms with Crippen LogP contribution in [0.15, 0.2) is 48.5 Å². The normalized spacial score (nSPS) is 16.4. The first kappa shape index (κ1) is 21.3. The summed E-state index contributed by atoms with van der Waals surface area (Å²) >= 11 is 1.45. The summed E-state index contributed by atoms with van der Waals surface area (Å²) < 4.78 is 9.75. The molecule has 1 aliphatic rings. The molecule has 1 atom stereocenters. The lowest BCUT2D eigenvalue weighted by Crippen LogP contribution is -2.54. The van der Waals surface area contributed by atoms with E-state index in [4.69, 9.17) is 9.72 Å². The largest absolute Gasteiger partial charge is 0.497 e. The molecule has 1 aromatic heterocycles. The van der Waals surface area contributed by atoms with E-state index in [1.165, 1.54) is 22.7 Å². The summed E-state index contributed by atoms with van der Waals surface area (Å²) in [6.45, 7) is 6.44. The number of aryl methyl sites for hydroxylation is 1. The van der Waals surface area contributed by atoms with E-state index in [2.05, 4.69) is 47.4 Å². The second-order valence-corrected chi connectivity index (χ2v) is 8.79. The minimum absolute atomic E-state index is 0.129. The van der Waals surface area contributed by atoms with Gasteiger partial charge in [-0.25, -0.2) is 4.98 Å². The third-order valence-electron chi connectivity index (χ3n) is 5.67. The lowest BCUT2D eigenvalue weighted by atomic mass is 10.1. The molecule has 0 spiro atoms. The molecule has 0 radical (unpaired) electrons. The van der Waals surface area contributed by atoms with Crippen LogP contribution in [0.2, 0.25) is 0 Å². The lowest BCUT2D eigenvalue weighted by Gasteiger charge is -2.39. The number of hydrogen-bond donors (Lipinski definition) is 0. The van der Waals surface area contributed by atoms with E-state index in [1.807, 2.05) is 29.2 Å². The van der Waals surface area contributed by atoms with Crippen LogP contribution >= 0.6 is 11.5 Å². The summed E-state index contributed by atoms with van der Waals surface area (Å²) in [6, 6.07) is 16.3. The van der Waals surface area contributed by atoms with Crippen molar-refractivity contribution in [1.29, 1.82) is 0 Å². The standard InChI is InChI=1S/C24H28N4O2S/c1-17-4-6-19(7-5-17)14-22-25-24(31-26-22)27-12-13-28(18(2)16-27)23(29)15-20-8-10-21(30-3)11-9-20/h4-11,18H,12-16H2,1-3H3. The van der Waals surface area contributed by atoms with Gasteiger partial charge in [-0.1, -0.05) is 42.0 Å². The number of piperazine rings is 1. The van der Waals surface area contributed by atoms with Crippen LogP contribution in [0.25, 0.3) is 0 Å². The lowest BCUT2D eigenvalue weighted by molar-refractivity contribution is -0.132. The van der Waals surface area contributed by atoms with Gasteiger partial charge < -0.3 is 14.5 Å². The maximum absolute atomic E-state index is 12.9. The van der Waals surface area contributed by atoms with Gasteiger partial charge in [0.2, 0.25) is 11.0 Å². The highest BCUT2D eigenvalue weighted by molar-refractivity contribution is 7.09. The number of ether oxygens (including phenoxy) is 1. The topological polar surface area (TPSA) is 58.6 Å². The van der Waals surface area contributed by atoms with Crippen LogP contribution in [-0.2, 0) is 17.6 Å². The zero-order chi connectivity index (χ0) is 21.8. The number of anilines is 1. The van der Waals surface area contributed by atoms with Crippen molar-refractivity contribution < 1.29 is 9.53 Å². The minimum Gasteiger partial charge on any atom is -0.497 e. The molecule has 0 bridgehead atoms. The molecular formula is C24H28N4O2S. The molecule has 1 unspecified atom stereocenters. The van der Waals surface area contributed by atoms with Crippen LogP contribution in [0.3, 0.4) is 0 Å². The van der Waals surface area contributed by atoms with Crippen LogP contribution in [0, 0.1) is 6.92 Å². The van der Waals surface area contributed by atoms with Crippen LogP contribution in [0.5, 0.6) is 5.75 Å². The number of hydrogen-bond acceptors (Lipinski definition) is 6. The number of rotatable bonds is 6. The summed E-state index contributed by atoms with van der Waals surface area (Å²) in [5, 5.41) is 0.941. The second-order valence-electron chi connectivity index (χ2n) is 8.06.